The van der Waals surface area contributed by atoms with Crippen LogP contribution in [0.25, 0.3) is 11.4 Å². The van der Waals surface area contributed by atoms with Gasteiger partial charge in [-0.2, -0.15) is 4.98 Å². The summed E-state index contributed by atoms with van der Waals surface area (Å²) in [6, 6.07) is 15.4. The summed E-state index contributed by atoms with van der Waals surface area (Å²) in [6.45, 7) is 2.83. The number of piperazine rings is 1. The van der Waals surface area contributed by atoms with E-state index in [1.54, 1.807) is 12.1 Å². The van der Waals surface area contributed by atoms with Gasteiger partial charge in [-0.1, -0.05) is 48.2 Å². The number of aromatic nitrogens is 2. The second-order valence-corrected chi connectivity index (χ2v) is 9.13. The van der Waals surface area contributed by atoms with E-state index in [2.05, 4.69) is 32.5 Å². The molecule has 1 aliphatic carbocycles. The zero-order valence-electron chi connectivity index (χ0n) is 18.5. The number of carbonyl (C=O) groups is 1. The minimum atomic E-state index is -0.121. The molecule has 33 heavy (non-hydrogen) atoms. The van der Waals surface area contributed by atoms with Gasteiger partial charge in [0.2, 0.25) is 11.7 Å². The van der Waals surface area contributed by atoms with Crippen LogP contribution in [0.3, 0.4) is 0 Å². The molecular formula is C25H28ClN5O2. The minimum absolute atomic E-state index is 0.121. The van der Waals surface area contributed by atoms with Crippen LogP contribution in [0.15, 0.2) is 53.1 Å². The van der Waals surface area contributed by atoms with Crippen molar-refractivity contribution in [1.29, 1.82) is 0 Å². The molecule has 2 aromatic carbocycles. The van der Waals surface area contributed by atoms with Crippen molar-refractivity contribution < 1.29 is 9.32 Å². The molecule has 1 aromatic heterocycles. The van der Waals surface area contributed by atoms with Gasteiger partial charge < -0.3 is 19.6 Å². The number of amides is 2. The molecule has 172 valence electrons. The Kier molecular flexibility index (Phi) is 6.48. The lowest BCUT2D eigenvalue weighted by molar-refractivity contribution is 0.208. The quantitative estimate of drug-likeness (QED) is 0.527. The van der Waals surface area contributed by atoms with Crippen LogP contribution >= 0.6 is 11.6 Å². The highest BCUT2D eigenvalue weighted by Crippen LogP contribution is 2.33. The summed E-state index contributed by atoms with van der Waals surface area (Å²) in [6.07, 6.45) is 6.07. The third kappa shape index (κ3) is 4.98. The number of urea groups is 1. The number of benzene rings is 2. The Balaban J connectivity index is 1.17. The molecule has 2 heterocycles. The molecule has 0 spiro atoms. The largest absolute Gasteiger partial charge is 0.368 e. The van der Waals surface area contributed by atoms with Crippen LogP contribution in [0.2, 0.25) is 5.02 Å². The monoisotopic (exact) mass is 465 g/mol. The molecule has 1 saturated heterocycles. The molecule has 7 nitrogen and oxygen atoms in total. The van der Waals surface area contributed by atoms with Crippen molar-refractivity contribution in [3.8, 4) is 11.4 Å². The summed E-state index contributed by atoms with van der Waals surface area (Å²) in [5, 5.41) is 7.65. The lowest BCUT2D eigenvalue weighted by Crippen LogP contribution is -2.50. The molecule has 0 atom stereocenters. The van der Waals surface area contributed by atoms with Gasteiger partial charge in [0.05, 0.1) is 10.7 Å². The summed E-state index contributed by atoms with van der Waals surface area (Å²) in [7, 11) is 0. The number of hydrogen-bond acceptors (Lipinski definition) is 5. The Morgan fingerprint density at radius 2 is 1.70 bits per heavy atom. The van der Waals surface area contributed by atoms with Crippen molar-refractivity contribution in [2.45, 2.75) is 38.0 Å². The highest BCUT2D eigenvalue weighted by Gasteiger charge is 2.23. The maximum Gasteiger partial charge on any atom is 0.322 e. The van der Waals surface area contributed by atoms with Gasteiger partial charge in [0, 0.05) is 43.3 Å². The summed E-state index contributed by atoms with van der Waals surface area (Å²) in [5.41, 5.74) is 2.72. The molecule has 1 saturated carbocycles. The summed E-state index contributed by atoms with van der Waals surface area (Å²) in [4.78, 5) is 21.4. The van der Waals surface area contributed by atoms with Crippen molar-refractivity contribution >= 4 is 29.0 Å². The van der Waals surface area contributed by atoms with Crippen LogP contribution in [0.5, 0.6) is 0 Å². The maximum absolute atomic E-state index is 12.6. The fraction of sp³-hybridized carbons (Fsp3) is 0.400. The molecule has 5 rings (SSSR count). The van der Waals surface area contributed by atoms with Crippen LogP contribution in [0, 0.1) is 0 Å². The zero-order chi connectivity index (χ0) is 22.6. The van der Waals surface area contributed by atoms with Gasteiger partial charge in [-0.25, -0.2) is 4.79 Å². The highest BCUT2D eigenvalue weighted by molar-refractivity contribution is 6.33. The normalized spacial score (nSPS) is 17.2. The fourth-order valence-corrected chi connectivity index (χ4v) is 4.80. The van der Waals surface area contributed by atoms with Crippen molar-refractivity contribution in [2.24, 2.45) is 0 Å². The molecule has 0 bridgehead atoms. The first kappa shape index (κ1) is 21.8. The lowest BCUT2D eigenvalue weighted by atomic mass is 9.89. The maximum atomic E-state index is 12.6. The van der Waals surface area contributed by atoms with Gasteiger partial charge in [0.25, 0.3) is 0 Å². The number of halogens is 1. The standard InChI is InChI=1S/C25H28ClN5O2/c26-21-8-4-5-9-22(21)27-25(32)31-16-14-30(15-17-31)20-12-10-18(11-13-20)23-28-24(33-29-23)19-6-2-1-3-7-19/h4-5,8-13,19H,1-3,6-7,14-17H2,(H,27,32). The van der Waals surface area contributed by atoms with Crippen LogP contribution < -0.4 is 10.2 Å². The Morgan fingerprint density at radius 1 is 0.970 bits per heavy atom. The Labute approximate surface area is 198 Å². The number of anilines is 2. The Hall–Kier alpha value is -3.06. The molecule has 0 radical (unpaired) electrons. The van der Waals surface area contributed by atoms with Crippen molar-refractivity contribution in [3.05, 3.63) is 59.4 Å². The third-order valence-corrected chi connectivity index (χ3v) is 6.90. The summed E-state index contributed by atoms with van der Waals surface area (Å²) >= 11 is 6.15. The predicted octanol–water partition coefficient (Wildman–Crippen LogP) is 5.79. The van der Waals surface area contributed by atoms with Crippen molar-refractivity contribution in [3.63, 3.8) is 0 Å². The number of hydrogen-bond donors (Lipinski definition) is 1. The first-order valence-corrected chi connectivity index (χ1v) is 12.0. The van der Waals surface area contributed by atoms with Crippen molar-refractivity contribution in [2.75, 3.05) is 36.4 Å². The highest BCUT2D eigenvalue weighted by atomic mass is 35.5. The second-order valence-electron chi connectivity index (χ2n) is 8.72. The second kappa shape index (κ2) is 9.83. The van der Waals surface area contributed by atoms with Gasteiger partial charge in [0.15, 0.2) is 0 Å². The number of nitrogens with one attached hydrogen (secondary N) is 1. The fourth-order valence-electron chi connectivity index (χ4n) is 4.61. The van der Waals surface area contributed by atoms with Gasteiger partial charge in [-0.3, -0.25) is 0 Å². The first-order valence-electron chi connectivity index (χ1n) is 11.7. The number of nitrogens with zero attached hydrogens (tertiary/aromatic N) is 4. The smallest absolute Gasteiger partial charge is 0.322 e. The van der Waals surface area contributed by atoms with Gasteiger partial charge in [0.1, 0.15) is 0 Å². The van der Waals surface area contributed by atoms with E-state index in [1.165, 1.54) is 19.3 Å². The molecule has 8 heteroatoms. The Morgan fingerprint density at radius 3 is 2.42 bits per heavy atom. The van der Waals surface area contributed by atoms with E-state index < -0.39 is 0 Å². The lowest BCUT2D eigenvalue weighted by Gasteiger charge is -2.36. The van der Waals surface area contributed by atoms with Gasteiger partial charge in [-0.05, 0) is 49.2 Å². The molecule has 2 fully saturated rings. The topological polar surface area (TPSA) is 74.5 Å². The average Bonchev–Trinajstić information content (AvgIpc) is 3.37. The van der Waals surface area contributed by atoms with Gasteiger partial charge >= 0.3 is 6.03 Å². The molecule has 1 aliphatic heterocycles. The molecule has 1 N–H and O–H groups in total. The van der Waals surface area contributed by atoms with Gasteiger partial charge in [-0.15, -0.1) is 0 Å². The van der Waals surface area contributed by atoms with E-state index in [-0.39, 0.29) is 6.03 Å². The van der Waals surface area contributed by atoms with E-state index >= 15 is 0 Å². The van der Waals surface area contributed by atoms with E-state index in [0.29, 0.717) is 35.5 Å². The molecule has 0 unspecified atom stereocenters. The minimum Gasteiger partial charge on any atom is -0.368 e. The molecule has 2 amide bonds. The first-order chi connectivity index (χ1) is 16.2. The number of carbonyl (C=O) groups excluding carboxylic acids is 1. The van der Waals surface area contributed by atoms with E-state index in [1.807, 2.05) is 29.2 Å². The summed E-state index contributed by atoms with van der Waals surface area (Å²) < 4.78 is 5.57. The Bertz CT molecular complexity index is 1090. The van der Waals surface area contributed by atoms with Crippen LogP contribution in [0.1, 0.15) is 43.9 Å². The molecular weight excluding hydrogens is 438 g/mol. The van der Waals surface area contributed by atoms with Crippen LogP contribution in [-0.4, -0.2) is 47.3 Å². The zero-order valence-corrected chi connectivity index (χ0v) is 19.3. The van der Waals surface area contributed by atoms with Crippen LogP contribution in [0.4, 0.5) is 16.2 Å². The van der Waals surface area contributed by atoms with E-state index in [9.17, 15) is 4.79 Å². The SMILES string of the molecule is O=C(Nc1ccccc1Cl)N1CCN(c2ccc(-c3noc(C4CCCCC4)n3)cc2)CC1. The van der Waals surface area contributed by atoms with E-state index in [4.69, 9.17) is 16.1 Å². The molecule has 3 aromatic rings. The average molecular weight is 466 g/mol. The van der Waals surface area contributed by atoms with E-state index in [0.717, 1.165) is 43.1 Å². The van der Waals surface area contributed by atoms with Crippen molar-refractivity contribution in [1.82, 2.24) is 15.0 Å². The van der Waals surface area contributed by atoms with Crippen LogP contribution in [-0.2, 0) is 0 Å². The summed E-state index contributed by atoms with van der Waals surface area (Å²) in [5.74, 6) is 1.84. The third-order valence-electron chi connectivity index (χ3n) is 6.57. The number of rotatable bonds is 4. The molecule has 2 aliphatic rings. The number of para-hydroxylation sites is 1. The predicted molar refractivity (Wildman–Crippen MR) is 130 cm³/mol.